The van der Waals surface area contributed by atoms with E-state index in [2.05, 4.69) is 0 Å². The van der Waals surface area contributed by atoms with Gasteiger partial charge in [0.1, 0.15) is 16.8 Å². The smallest absolute Gasteiger partial charge is 0.140 e. The molecular formula is C9H7Cl4NO. The maximum Gasteiger partial charge on any atom is 0.140 e. The molecule has 0 bridgehead atoms. The van der Waals surface area contributed by atoms with E-state index < -0.39 is 0 Å². The Labute approximate surface area is 108 Å². The SMILES string of the molecule is Nc1cc(Cl)c(OCC=C(Cl)Cl)cc1Cl. The maximum absolute atomic E-state index is 5.87. The summed E-state index contributed by atoms with van der Waals surface area (Å²) in [5, 5.41) is 0.770. The number of hydrogen-bond donors (Lipinski definition) is 1. The minimum atomic E-state index is 0.132. The van der Waals surface area contributed by atoms with Crippen molar-refractivity contribution in [3.8, 4) is 5.75 Å². The minimum Gasteiger partial charge on any atom is -0.488 e. The van der Waals surface area contributed by atoms with E-state index in [0.29, 0.717) is 21.5 Å². The molecule has 1 aromatic rings. The van der Waals surface area contributed by atoms with E-state index >= 15 is 0 Å². The molecule has 0 unspecified atom stereocenters. The second kappa shape index (κ2) is 5.71. The van der Waals surface area contributed by atoms with Crippen molar-refractivity contribution in [1.82, 2.24) is 0 Å². The summed E-state index contributed by atoms with van der Waals surface area (Å²) in [5.74, 6) is 0.432. The van der Waals surface area contributed by atoms with E-state index in [1.807, 2.05) is 0 Å². The summed E-state index contributed by atoms with van der Waals surface area (Å²) in [6.07, 6.45) is 1.49. The number of nitrogen functional groups attached to an aromatic ring is 1. The zero-order valence-electron chi connectivity index (χ0n) is 7.44. The average molecular weight is 287 g/mol. The van der Waals surface area contributed by atoms with Crippen molar-refractivity contribution in [1.29, 1.82) is 0 Å². The summed E-state index contributed by atoms with van der Waals surface area (Å²) in [5.41, 5.74) is 5.94. The highest BCUT2D eigenvalue weighted by atomic mass is 35.5. The van der Waals surface area contributed by atoms with E-state index in [0.717, 1.165) is 0 Å². The number of anilines is 1. The highest BCUT2D eigenvalue weighted by molar-refractivity contribution is 6.55. The summed E-state index contributed by atoms with van der Waals surface area (Å²) >= 11 is 22.5. The van der Waals surface area contributed by atoms with Crippen molar-refractivity contribution >= 4 is 52.1 Å². The van der Waals surface area contributed by atoms with Crippen LogP contribution in [0, 0.1) is 0 Å². The summed E-state index contributed by atoms with van der Waals surface area (Å²) in [4.78, 5) is 0. The van der Waals surface area contributed by atoms with Gasteiger partial charge in [-0.1, -0.05) is 46.4 Å². The Kier molecular flexibility index (Phi) is 4.87. The highest BCUT2D eigenvalue weighted by Gasteiger charge is 2.05. The van der Waals surface area contributed by atoms with Crippen molar-refractivity contribution in [3.05, 3.63) is 32.7 Å². The first-order valence-electron chi connectivity index (χ1n) is 3.89. The Hall–Kier alpha value is -0.280. The second-order valence-electron chi connectivity index (χ2n) is 2.61. The Morgan fingerprint density at radius 1 is 1.27 bits per heavy atom. The summed E-state index contributed by atoms with van der Waals surface area (Å²) < 4.78 is 5.40. The van der Waals surface area contributed by atoms with Crippen molar-refractivity contribution < 1.29 is 4.74 Å². The zero-order valence-corrected chi connectivity index (χ0v) is 10.5. The van der Waals surface area contributed by atoms with Gasteiger partial charge in [0.15, 0.2) is 0 Å². The monoisotopic (exact) mass is 285 g/mol. The molecule has 0 atom stereocenters. The third kappa shape index (κ3) is 3.99. The van der Waals surface area contributed by atoms with Crippen LogP contribution in [-0.2, 0) is 0 Å². The fourth-order valence-electron chi connectivity index (χ4n) is 0.849. The van der Waals surface area contributed by atoms with Gasteiger partial charge in [0.25, 0.3) is 0 Å². The molecule has 0 spiro atoms. The molecule has 0 aliphatic rings. The fraction of sp³-hybridized carbons (Fsp3) is 0.111. The largest absolute Gasteiger partial charge is 0.488 e. The third-order valence-corrected chi connectivity index (χ3v) is 2.46. The molecule has 0 radical (unpaired) electrons. The first kappa shape index (κ1) is 12.8. The highest BCUT2D eigenvalue weighted by Crippen LogP contribution is 2.32. The molecule has 82 valence electrons. The van der Waals surface area contributed by atoms with Gasteiger partial charge in [-0.25, -0.2) is 0 Å². The van der Waals surface area contributed by atoms with Gasteiger partial charge in [0.2, 0.25) is 0 Å². The van der Waals surface area contributed by atoms with Crippen LogP contribution in [-0.4, -0.2) is 6.61 Å². The van der Waals surface area contributed by atoms with E-state index in [4.69, 9.17) is 56.9 Å². The number of hydrogen-bond acceptors (Lipinski definition) is 2. The van der Waals surface area contributed by atoms with E-state index in [9.17, 15) is 0 Å². The van der Waals surface area contributed by atoms with Crippen LogP contribution in [0.2, 0.25) is 10.0 Å². The lowest BCUT2D eigenvalue weighted by Crippen LogP contribution is -1.96. The predicted octanol–water partition coefficient (Wildman–Crippen LogP) is 4.27. The number of benzene rings is 1. The lowest BCUT2D eigenvalue weighted by atomic mass is 10.3. The molecular weight excluding hydrogens is 280 g/mol. The number of rotatable bonds is 3. The topological polar surface area (TPSA) is 35.2 Å². The summed E-state index contributed by atoms with van der Waals surface area (Å²) in [6, 6.07) is 3.06. The van der Waals surface area contributed by atoms with Crippen LogP contribution in [0.5, 0.6) is 5.75 Å². The standard InChI is InChI=1S/C9H7Cl4NO/c10-5-4-8(6(11)3-7(5)14)15-2-1-9(12)13/h1,3-4H,2,14H2. The normalized spacial score (nSPS) is 9.87. The number of halogens is 4. The maximum atomic E-state index is 5.87. The fourth-order valence-corrected chi connectivity index (χ4v) is 1.36. The van der Waals surface area contributed by atoms with Crippen LogP contribution >= 0.6 is 46.4 Å². The Bertz CT molecular complexity index is 388. The predicted molar refractivity (Wildman–Crippen MR) is 66.2 cm³/mol. The molecule has 0 aliphatic heterocycles. The molecule has 1 rings (SSSR count). The Morgan fingerprint density at radius 3 is 2.53 bits per heavy atom. The van der Waals surface area contributed by atoms with Crippen LogP contribution < -0.4 is 10.5 Å². The van der Waals surface area contributed by atoms with Gasteiger partial charge in [-0.05, 0) is 12.1 Å². The molecule has 2 nitrogen and oxygen atoms in total. The third-order valence-electron chi connectivity index (χ3n) is 1.53. The second-order valence-corrected chi connectivity index (χ2v) is 4.43. The Balaban J connectivity index is 2.77. The van der Waals surface area contributed by atoms with Gasteiger partial charge >= 0.3 is 0 Å². The van der Waals surface area contributed by atoms with Gasteiger partial charge in [-0.15, -0.1) is 0 Å². The van der Waals surface area contributed by atoms with Crippen LogP contribution in [0.1, 0.15) is 0 Å². The van der Waals surface area contributed by atoms with E-state index in [1.165, 1.54) is 18.2 Å². The lowest BCUT2D eigenvalue weighted by molar-refractivity contribution is 0.363. The lowest BCUT2D eigenvalue weighted by Gasteiger charge is -2.07. The molecule has 0 aromatic heterocycles. The quantitative estimate of drug-likeness (QED) is 0.842. The average Bonchev–Trinajstić information content (AvgIpc) is 2.13. The molecule has 0 amide bonds. The van der Waals surface area contributed by atoms with Gasteiger partial charge in [-0.3, -0.25) is 0 Å². The van der Waals surface area contributed by atoms with E-state index in [-0.39, 0.29) is 11.1 Å². The van der Waals surface area contributed by atoms with Crippen LogP contribution in [0.15, 0.2) is 22.7 Å². The van der Waals surface area contributed by atoms with Crippen LogP contribution in [0.4, 0.5) is 5.69 Å². The molecule has 1 aromatic carbocycles. The molecule has 0 heterocycles. The summed E-state index contributed by atoms with van der Waals surface area (Å²) in [7, 11) is 0. The van der Waals surface area contributed by atoms with Crippen molar-refractivity contribution in [2.24, 2.45) is 0 Å². The van der Waals surface area contributed by atoms with Crippen LogP contribution in [0.25, 0.3) is 0 Å². The number of nitrogens with two attached hydrogens (primary N) is 1. The first-order chi connectivity index (χ1) is 7.00. The van der Waals surface area contributed by atoms with E-state index in [1.54, 1.807) is 0 Å². The van der Waals surface area contributed by atoms with Gasteiger partial charge in [0, 0.05) is 6.07 Å². The van der Waals surface area contributed by atoms with Gasteiger partial charge < -0.3 is 10.5 Å². The summed E-state index contributed by atoms with van der Waals surface area (Å²) in [6.45, 7) is 0.211. The van der Waals surface area contributed by atoms with Gasteiger partial charge in [0.05, 0.1) is 15.7 Å². The van der Waals surface area contributed by atoms with Gasteiger partial charge in [-0.2, -0.15) is 0 Å². The minimum absolute atomic E-state index is 0.132. The molecule has 2 N–H and O–H groups in total. The van der Waals surface area contributed by atoms with Crippen molar-refractivity contribution in [2.45, 2.75) is 0 Å². The molecule has 0 saturated heterocycles. The molecule has 0 fully saturated rings. The molecule has 15 heavy (non-hydrogen) atoms. The number of ether oxygens (including phenoxy) is 1. The zero-order chi connectivity index (χ0) is 11.4. The van der Waals surface area contributed by atoms with Crippen molar-refractivity contribution in [3.63, 3.8) is 0 Å². The molecule has 0 aliphatic carbocycles. The molecule has 6 heteroatoms. The first-order valence-corrected chi connectivity index (χ1v) is 5.40. The Morgan fingerprint density at radius 2 is 1.93 bits per heavy atom. The molecule has 0 saturated carbocycles. The van der Waals surface area contributed by atoms with Crippen molar-refractivity contribution in [2.75, 3.05) is 12.3 Å². The van der Waals surface area contributed by atoms with Crippen LogP contribution in [0.3, 0.4) is 0 Å².